The monoisotopic (exact) mass is 457 g/mol. The first-order valence-corrected chi connectivity index (χ1v) is 11.3. The largest absolute Gasteiger partial charge is 0.492 e. The highest BCUT2D eigenvalue weighted by atomic mass is 19.1. The van der Waals surface area contributed by atoms with Crippen molar-refractivity contribution in [1.29, 1.82) is 0 Å². The van der Waals surface area contributed by atoms with Gasteiger partial charge in [0.1, 0.15) is 23.1 Å². The lowest BCUT2D eigenvalue weighted by atomic mass is 9.79. The highest BCUT2D eigenvalue weighted by molar-refractivity contribution is 5.94. The Balaban J connectivity index is 1.36. The third kappa shape index (κ3) is 4.39. The Morgan fingerprint density at radius 1 is 1.06 bits per heavy atom. The number of para-hydroxylation sites is 1. The summed E-state index contributed by atoms with van der Waals surface area (Å²) in [5, 5.41) is 12.0. The van der Waals surface area contributed by atoms with Gasteiger partial charge in [-0.05, 0) is 68.3 Å². The molecule has 4 aromatic rings. The van der Waals surface area contributed by atoms with Crippen LogP contribution >= 0.6 is 0 Å². The average molecular weight is 458 g/mol. The van der Waals surface area contributed by atoms with Crippen molar-refractivity contribution in [2.75, 3.05) is 6.61 Å². The second kappa shape index (κ2) is 9.43. The van der Waals surface area contributed by atoms with Crippen LogP contribution in [0.15, 0.2) is 72.9 Å². The van der Waals surface area contributed by atoms with E-state index in [1.807, 2.05) is 54.0 Å². The number of hydrogen-bond donors (Lipinski definition) is 1. The molecule has 1 N–H and O–H groups in total. The third-order valence-corrected chi connectivity index (χ3v) is 5.92. The second-order valence-corrected chi connectivity index (χ2v) is 8.21. The van der Waals surface area contributed by atoms with E-state index < -0.39 is 0 Å². The van der Waals surface area contributed by atoms with Crippen molar-refractivity contribution in [2.24, 2.45) is 0 Å². The molecular formula is C26H24FN5O2. The summed E-state index contributed by atoms with van der Waals surface area (Å²) in [5.74, 6) is 1.77. The van der Waals surface area contributed by atoms with Crippen LogP contribution in [-0.2, 0) is 0 Å². The van der Waals surface area contributed by atoms with Crippen LogP contribution in [0.4, 0.5) is 4.39 Å². The standard InChI is InChI=1S/C26H24FN5O2/c1-2-34-22-12-13-23(28-16-22)25-31-30-24(32(25)21-6-4-3-5-7-21)18-14-20(15-18)29-26(33)17-8-10-19(27)11-9-17/h3-13,16,18,20H,2,14-15H2,1H3,(H,29,33). The number of nitrogens with one attached hydrogen (secondary N) is 1. The predicted octanol–water partition coefficient (Wildman–Crippen LogP) is 4.54. The second-order valence-electron chi connectivity index (χ2n) is 8.21. The van der Waals surface area contributed by atoms with Crippen LogP contribution in [0.2, 0.25) is 0 Å². The Hall–Kier alpha value is -4.07. The van der Waals surface area contributed by atoms with Gasteiger partial charge in [-0.1, -0.05) is 18.2 Å². The van der Waals surface area contributed by atoms with E-state index in [-0.39, 0.29) is 23.7 Å². The highest BCUT2D eigenvalue weighted by Gasteiger charge is 2.36. The number of pyridine rings is 1. The van der Waals surface area contributed by atoms with Crippen molar-refractivity contribution in [2.45, 2.75) is 31.7 Å². The summed E-state index contributed by atoms with van der Waals surface area (Å²) in [6, 6.07) is 19.3. The van der Waals surface area contributed by atoms with Gasteiger partial charge in [0.05, 0.1) is 12.8 Å². The van der Waals surface area contributed by atoms with Gasteiger partial charge >= 0.3 is 0 Å². The summed E-state index contributed by atoms with van der Waals surface area (Å²) in [5.41, 5.74) is 2.10. The van der Waals surface area contributed by atoms with Crippen molar-refractivity contribution in [3.8, 4) is 23.0 Å². The van der Waals surface area contributed by atoms with Crippen LogP contribution in [0.3, 0.4) is 0 Å². The van der Waals surface area contributed by atoms with E-state index in [9.17, 15) is 9.18 Å². The van der Waals surface area contributed by atoms with Gasteiger partial charge in [-0.2, -0.15) is 0 Å². The van der Waals surface area contributed by atoms with Gasteiger partial charge in [0, 0.05) is 23.2 Å². The molecule has 0 saturated heterocycles. The molecule has 172 valence electrons. The first-order valence-electron chi connectivity index (χ1n) is 11.3. The number of rotatable bonds is 7. The Morgan fingerprint density at radius 2 is 1.82 bits per heavy atom. The Labute approximate surface area is 196 Å². The minimum absolute atomic E-state index is 0.0236. The van der Waals surface area contributed by atoms with E-state index in [2.05, 4.69) is 20.5 Å². The summed E-state index contributed by atoms with van der Waals surface area (Å²) in [6.45, 7) is 2.51. The van der Waals surface area contributed by atoms with Gasteiger partial charge < -0.3 is 10.1 Å². The molecule has 2 aromatic heterocycles. The van der Waals surface area contributed by atoms with Gasteiger partial charge in [-0.3, -0.25) is 9.36 Å². The molecule has 0 atom stereocenters. The SMILES string of the molecule is CCOc1ccc(-c2nnc(C3CC(NC(=O)c4ccc(F)cc4)C3)n2-c2ccccc2)nc1. The lowest BCUT2D eigenvalue weighted by Gasteiger charge is -2.35. The number of hydrogen-bond acceptors (Lipinski definition) is 5. The van der Waals surface area contributed by atoms with Crippen molar-refractivity contribution in [3.63, 3.8) is 0 Å². The fraction of sp³-hybridized carbons (Fsp3) is 0.231. The molecule has 8 heteroatoms. The molecule has 5 rings (SSSR count). The van der Waals surface area contributed by atoms with Crippen LogP contribution in [0.5, 0.6) is 5.75 Å². The molecule has 2 aromatic carbocycles. The number of halogens is 1. The molecule has 1 aliphatic rings. The topological polar surface area (TPSA) is 81.9 Å². The molecule has 0 unspecified atom stereocenters. The average Bonchev–Trinajstić information content (AvgIpc) is 3.27. The normalized spacial score (nSPS) is 17.1. The molecule has 34 heavy (non-hydrogen) atoms. The van der Waals surface area contributed by atoms with Gasteiger partial charge in [-0.25, -0.2) is 9.37 Å². The summed E-state index contributed by atoms with van der Waals surface area (Å²) in [6.07, 6.45) is 3.18. The maximum atomic E-state index is 13.1. The van der Waals surface area contributed by atoms with Gasteiger partial charge in [0.25, 0.3) is 5.91 Å². The molecule has 1 fully saturated rings. The van der Waals surface area contributed by atoms with E-state index in [4.69, 9.17) is 4.74 Å². The predicted molar refractivity (Wildman–Crippen MR) is 125 cm³/mol. The fourth-order valence-electron chi connectivity index (χ4n) is 4.14. The summed E-state index contributed by atoms with van der Waals surface area (Å²) in [7, 11) is 0. The molecule has 0 bridgehead atoms. The maximum Gasteiger partial charge on any atom is 0.251 e. The first kappa shape index (κ1) is 21.8. The number of carbonyl (C=O) groups excluding carboxylic acids is 1. The van der Waals surface area contributed by atoms with Crippen LogP contribution in [0, 0.1) is 5.82 Å². The molecule has 1 amide bonds. The molecule has 0 spiro atoms. The number of amides is 1. The zero-order valence-electron chi connectivity index (χ0n) is 18.7. The van der Waals surface area contributed by atoms with E-state index in [1.165, 1.54) is 24.3 Å². The summed E-state index contributed by atoms with van der Waals surface area (Å²) >= 11 is 0. The number of nitrogens with zero attached hydrogens (tertiary/aromatic N) is 4. The Kier molecular flexibility index (Phi) is 6.03. The third-order valence-electron chi connectivity index (χ3n) is 5.92. The molecule has 1 aliphatic carbocycles. The minimum Gasteiger partial charge on any atom is -0.492 e. The van der Waals surface area contributed by atoms with Crippen molar-refractivity contribution in [3.05, 3.63) is 90.1 Å². The van der Waals surface area contributed by atoms with E-state index in [1.54, 1.807) is 6.20 Å². The molecular weight excluding hydrogens is 433 g/mol. The quantitative estimate of drug-likeness (QED) is 0.441. The van der Waals surface area contributed by atoms with Crippen LogP contribution in [0.25, 0.3) is 17.2 Å². The van der Waals surface area contributed by atoms with E-state index in [0.717, 1.165) is 24.4 Å². The lowest BCUT2D eigenvalue weighted by Crippen LogP contribution is -2.44. The van der Waals surface area contributed by atoms with Gasteiger partial charge in [0.2, 0.25) is 0 Å². The minimum atomic E-state index is -0.363. The molecule has 0 aliphatic heterocycles. The van der Waals surface area contributed by atoms with Crippen LogP contribution in [0.1, 0.15) is 41.9 Å². The van der Waals surface area contributed by atoms with Crippen molar-refractivity contribution in [1.82, 2.24) is 25.1 Å². The van der Waals surface area contributed by atoms with Gasteiger partial charge in [0.15, 0.2) is 5.82 Å². The van der Waals surface area contributed by atoms with Crippen molar-refractivity contribution >= 4 is 5.91 Å². The maximum absolute atomic E-state index is 13.1. The summed E-state index contributed by atoms with van der Waals surface area (Å²) < 4.78 is 20.7. The smallest absolute Gasteiger partial charge is 0.251 e. The first-order chi connectivity index (χ1) is 16.6. The molecule has 1 saturated carbocycles. The van der Waals surface area contributed by atoms with Crippen LogP contribution in [-0.4, -0.2) is 38.3 Å². The van der Waals surface area contributed by atoms with E-state index in [0.29, 0.717) is 29.4 Å². The van der Waals surface area contributed by atoms with Crippen molar-refractivity contribution < 1.29 is 13.9 Å². The lowest BCUT2D eigenvalue weighted by molar-refractivity contribution is 0.0907. The molecule has 0 radical (unpaired) electrons. The number of ether oxygens (including phenoxy) is 1. The Morgan fingerprint density at radius 3 is 2.50 bits per heavy atom. The molecule has 2 heterocycles. The highest BCUT2D eigenvalue weighted by Crippen LogP contribution is 2.38. The van der Waals surface area contributed by atoms with Crippen LogP contribution < -0.4 is 10.1 Å². The summed E-state index contributed by atoms with van der Waals surface area (Å²) in [4.78, 5) is 17.0. The number of carbonyl (C=O) groups is 1. The fourth-order valence-corrected chi connectivity index (χ4v) is 4.14. The zero-order chi connectivity index (χ0) is 23.5. The van der Waals surface area contributed by atoms with Gasteiger partial charge in [-0.15, -0.1) is 10.2 Å². The zero-order valence-corrected chi connectivity index (χ0v) is 18.7. The number of aromatic nitrogens is 4. The molecule has 7 nitrogen and oxygen atoms in total. The van der Waals surface area contributed by atoms with E-state index >= 15 is 0 Å². The Bertz CT molecular complexity index is 1270. The number of benzene rings is 2.